The van der Waals surface area contributed by atoms with Crippen molar-refractivity contribution < 1.29 is 4.74 Å². The smallest absolute Gasteiger partial charge is 0.170 e. The molecule has 2 aromatic carbocycles. The maximum atomic E-state index is 6.27. The molecule has 0 amide bonds. The van der Waals surface area contributed by atoms with E-state index in [1.807, 2.05) is 0 Å². The molecule has 0 fully saturated rings. The van der Waals surface area contributed by atoms with Crippen molar-refractivity contribution in [3.63, 3.8) is 0 Å². The van der Waals surface area contributed by atoms with E-state index in [1.165, 1.54) is 16.7 Å². The zero-order valence-electron chi connectivity index (χ0n) is 21.8. The Bertz CT molecular complexity index is 887. The number of hydrogen-bond donors (Lipinski definition) is 2. The molecule has 2 N–H and O–H groups in total. The van der Waals surface area contributed by atoms with Gasteiger partial charge in [0.2, 0.25) is 0 Å². The Kier molecular flexibility index (Phi) is 10.2. The van der Waals surface area contributed by atoms with Gasteiger partial charge in [0.1, 0.15) is 5.75 Å². The summed E-state index contributed by atoms with van der Waals surface area (Å²) in [4.78, 5) is 0. The van der Waals surface area contributed by atoms with E-state index in [-0.39, 0.29) is 10.8 Å². The van der Waals surface area contributed by atoms with Gasteiger partial charge in [0.05, 0.1) is 6.61 Å². The summed E-state index contributed by atoms with van der Waals surface area (Å²) in [5, 5.41) is 7.22. The first kappa shape index (κ1) is 27.2. The van der Waals surface area contributed by atoms with Crippen LogP contribution in [0.1, 0.15) is 90.8 Å². The molecule has 182 valence electrons. The van der Waals surface area contributed by atoms with Crippen molar-refractivity contribution in [3.05, 3.63) is 59.2 Å². The predicted molar refractivity (Wildman–Crippen MR) is 148 cm³/mol. The van der Waals surface area contributed by atoms with Crippen LogP contribution in [0.3, 0.4) is 0 Å². The summed E-state index contributed by atoms with van der Waals surface area (Å²) >= 11 is 5.42. The highest BCUT2D eigenvalue weighted by atomic mass is 32.1. The van der Waals surface area contributed by atoms with Gasteiger partial charge in [0, 0.05) is 17.8 Å². The summed E-state index contributed by atoms with van der Waals surface area (Å²) in [6.45, 7) is 17.5. The van der Waals surface area contributed by atoms with E-state index < -0.39 is 0 Å². The number of anilines is 1. The molecular weight excluding hydrogens is 424 g/mol. The number of thiocarbonyl (C=S) groups is 1. The fourth-order valence-corrected chi connectivity index (χ4v) is 3.83. The van der Waals surface area contributed by atoms with E-state index in [0.29, 0.717) is 11.7 Å². The van der Waals surface area contributed by atoms with Gasteiger partial charge in [0.15, 0.2) is 5.11 Å². The van der Waals surface area contributed by atoms with E-state index >= 15 is 0 Å². The molecule has 0 aliphatic rings. The molecule has 0 saturated carbocycles. The minimum atomic E-state index is 0.0872. The highest BCUT2D eigenvalue weighted by molar-refractivity contribution is 7.80. The zero-order chi connectivity index (χ0) is 24.5. The van der Waals surface area contributed by atoms with Crippen LogP contribution in [0.25, 0.3) is 0 Å². The summed E-state index contributed by atoms with van der Waals surface area (Å²) in [6, 6.07) is 15.2. The SMILES string of the molecule is CCc1ccc(NC(=S)NCCCCOc2ccc(C(C)(C)CC)cc2C(C)(C)CC)cc1. The maximum absolute atomic E-state index is 6.27. The third-order valence-electron chi connectivity index (χ3n) is 6.99. The molecule has 0 aliphatic carbocycles. The van der Waals surface area contributed by atoms with Crippen LogP contribution >= 0.6 is 12.2 Å². The molecule has 33 heavy (non-hydrogen) atoms. The second-order valence-corrected chi connectivity index (χ2v) is 10.6. The largest absolute Gasteiger partial charge is 0.493 e. The predicted octanol–water partition coefficient (Wildman–Crippen LogP) is 7.77. The van der Waals surface area contributed by atoms with Gasteiger partial charge in [-0.3, -0.25) is 0 Å². The van der Waals surface area contributed by atoms with Crippen LogP contribution < -0.4 is 15.4 Å². The third kappa shape index (κ3) is 8.03. The van der Waals surface area contributed by atoms with E-state index in [2.05, 4.69) is 102 Å². The second kappa shape index (κ2) is 12.4. The quantitative estimate of drug-likeness (QED) is 0.246. The fourth-order valence-electron chi connectivity index (χ4n) is 3.61. The molecule has 4 heteroatoms. The van der Waals surface area contributed by atoms with Crippen LogP contribution in [-0.2, 0) is 17.3 Å². The monoisotopic (exact) mass is 468 g/mol. The van der Waals surface area contributed by atoms with Crippen LogP contribution in [-0.4, -0.2) is 18.3 Å². The third-order valence-corrected chi connectivity index (χ3v) is 7.24. The second-order valence-electron chi connectivity index (χ2n) is 10.2. The molecule has 0 saturated heterocycles. The van der Waals surface area contributed by atoms with Crippen molar-refractivity contribution in [1.29, 1.82) is 0 Å². The fraction of sp³-hybridized carbons (Fsp3) is 0.552. The van der Waals surface area contributed by atoms with E-state index in [0.717, 1.165) is 50.1 Å². The summed E-state index contributed by atoms with van der Waals surface area (Å²) < 4.78 is 6.27. The van der Waals surface area contributed by atoms with Gasteiger partial charge in [-0.05, 0) is 84.5 Å². The van der Waals surface area contributed by atoms with Gasteiger partial charge in [-0.2, -0.15) is 0 Å². The highest BCUT2D eigenvalue weighted by Crippen LogP contribution is 2.38. The molecule has 0 heterocycles. The number of benzene rings is 2. The lowest BCUT2D eigenvalue weighted by atomic mass is 9.76. The number of unbranched alkanes of at least 4 members (excludes halogenated alkanes) is 1. The molecule has 0 unspecified atom stereocenters. The van der Waals surface area contributed by atoms with Crippen LogP contribution in [0.15, 0.2) is 42.5 Å². The van der Waals surface area contributed by atoms with Crippen molar-refractivity contribution in [2.75, 3.05) is 18.5 Å². The van der Waals surface area contributed by atoms with E-state index in [4.69, 9.17) is 17.0 Å². The van der Waals surface area contributed by atoms with Gasteiger partial charge < -0.3 is 15.4 Å². The standard InChI is InChI=1S/C29H44N2OS/c1-8-22-13-16-24(17-14-22)31-27(33)30-19-11-12-20-32-26-18-15-23(28(4,5)9-2)21-25(26)29(6,7)10-3/h13-18,21H,8-12,19-20H2,1-7H3,(H2,30,31,33). The van der Waals surface area contributed by atoms with E-state index in [1.54, 1.807) is 0 Å². The summed E-state index contributed by atoms with van der Waals surface area (Å²) in [7, 11) is 0. The first-order chi connectivity index (χ1) is 15.6. The Morgan fingerprint density at radius 2 is 1.55 bits per heavy atom. The summed E-state index contributed by atoms with van der Waals surface area (Å²) in [5.41, 5.74) is 5.32. The van der Waals surface area contributed by atoms with Crippen molar-refractivity contribution in [3.8, 4) is 5.75 Å². The summed E-state index contributed by atoms with van der Waals surface area (Å²) in [6.07, 6.45) is 5.23. The topological polar surface area (TPSA) is 33.3 Å². The van der Waals surface area contributed by atoms with Gasteiger partial charge in [0.25, 0.3) is 0 Å². The van der Waals surface area contributed by atoms with Gasteiger partial charge in [-0.25, -0.2) is 0 Å². The number of nitrogens with one attached hydrogen (secondary N) is 2. The molecule has 2 aromatic rings. The van der Waals surface area contributed by atoms with Gasteiger partial charge >= 0.3 is 0 Å². The Balaban J connectivity index is 1.84. The number of hydrogen-bond acceptors (Lipinski definition) is 2. The molecule has 0 bridgehead atoms. The lowest BCUT2D eigenvalue weighted by Gasteiger charge is -2.30. The molecule has 0 radical (unpaired) electrons. The Morgan fingerprint density at radius 1 is 0.879 bits per heavy atom. The molecule has 0 atom stereocenters. The number of rotatable bonds is 12. The first-order valence-electron chi connectivity index (χ1n) is 12.5. The lowest BCUT2D eigenvalue weighted by molar-refractivity contribution is 0.296. The van der Waals surface area contributed by atoms with Crippen LogP contribution in [0.4, 0.5) is 5.69 Å². The van der Waals surface area contributed by atoms with Crippen LogP contribution in [0, 0.1) is 0 Å². The van der Waals surface area contributed by atoms with Crippen molar-refractivity contribution >= 4 is 23.0 Å². The minimum Gasteiger partial charge on any atom is -0.493 e. The lowest BCUT2D eigenvalue weighted by Crippen LogP contribution is -2.29. The molecule has 0 aliphatic heterocycles. The molecule has 0 aromatic heterocycles. The van der Waals surface area contributed by atoms with Crippen molar-refractivity contribution in [2.45, 2.75) is 91.4 Å². The zero-order valence-corrected chi connectivity index (χ0v) is 22.6. The Hall–Kier alpha value is -2.07. The normalized spacial score (nSPS) is 11.8. The Morgan fingerprint density at radius 3 is 2.15 bits per heavy atom. The maximum Gasteiger partial charge on any atom is 0.170 e. The van der Waals surface area contributed by atoms with Gasteiger partial charge in [-0.15, -0.1) is 0 Å². The molecule has 2 rings (SSSR count). The van der Waals surface area contributed by atoms with Crippen LogP contribution in [0.2, 0.25) is 0 Å². The average Bonchev–Trinajstić information content (AvgIpc) is 2.81. The van der Waals surface area contributed by atoms with E-state index in [9.17, 15) is 0 Å². The molecule has 0 spiro atoms. The van der Waals surface area contributed by atoms with Crippen molar-refractivity contribution in [1.82, 2.24) is 5.32 Å². The minimum absolute atomic E-state index is 0.0872. The van der Waals surface area contributed by atoms with Gasteiger partial charge in [-0.1, -0.05) is 72.7 Å². The van der Waals surface area contributed by atoms with Crippen molar-refractivity contribution in [2.24, 2.45) is 0 Å². The highest BCUT2D eigenvalue weighted by Gasteiger charge is 2.26. The number of ether oxygens (including phenoxy) is 1. The molecule has 3 nitrogen and oxygen atoms in total. The molecular formula is C29H44N2OS. The Labute approximate surface area is 207 Å². The first-order valence-corrected chi connectivity index (χ1v) is 13.0. The summed E-state index contributed by atoms with van der Waals surface area (Å²) in [5.74, 6) is 1.03. The van der Waals surface area contributed by atoms with Crippen LogP contribution in [0.5, 0.6) is 5.75 Å². The average molecular weight is 469 g/mol. The number of aryl methyl sites for hydroxylation is 1.